The van der Waals surface area contributed by atoms with Crippen LogP contribution in [0.15, 0.2) is 12.1 Å². The van der Waals surface area contributed by atoms with Crippen LogP contribution in [0.5, 0.6) is 0 Å². The maximum atomic E-state index is 5.22. The fourth-order valence-corrected chi connectivity index (χ4v) is 1.72. The molecule has 0 spiro atoms. The van der Waals surface area contributed by atoms with Crippen molar-refractivity contribution in [1.82, 2.24) is 5.48 Å². The van der Waals surface area contributed by atoms with Crippen LogP contribution >= 0.6 is 0 Å². The van der Waals surface area contributed by atoms with Crippen LogP contribution in [0.2, 0.25) is 0 Å². The molecule has 1 N–H and O–H groups in total. The summed E-state index contributed by atoms with van der Waals surface area (Å²) in [6, 6.07) is 4.71. The van der Waals surface area contributed by atoms with Crippen LogP contribution in [-0.2, 0) is 4.84 Å². The first-order valence-electron chi connectivity index (χ1n) is 5.51. The second-order valence-electron chi connectivity index (χ2n) is 4.07. The Morgan fingerprint density at radius 3 is 2.33 bits per heavy atom. The normalized spacial score (nSPS) is 12.9. The molecule has 2 heteroatoms. The van der Waals surface area contributed by atoms with E-state index in [9.17, 15) is 0 Å². The van der Waals surface area contributed by atoms with E-state index in [4.69, 9.17) is 4.84 Å². The number of hydroxylamine groups is 1. The average molecular weight is 207 g/mol. The van der Waals surface area contributed by atoms with Crippen LogP contribution in [0.4, 0.5) is 0 Å². The van der Waals surface area contributed by atoms with Gasteiger partial charge in [0.2, 0.25) is 0 Å². The SMILES string of the molecule is CCONC(C)c1cc(C)c(C)cc1C. The Bertz CT molecular complexity index is 334. The summed E-state index contributed by atoms with van der Waals surface area (Å²) in [4.78, 5) is 5.22. The van der Waals surface area contributed by atoms with Gasteiger partial charge in [0.1, 0.15) is 0 Å². The molecule has 0 saturated heterocycles. The minimum atomic E-state index is 0.240. The third kappa shape index (κ3) is 3.05. The van der Waals surface area contributed by atoms with Gasteiger partial charge in [-0.2, -0.15) is 5.48 Å². The van der Waals surface area contributed by atoms with Gasteiger partial charge in [-0.15, -0.1) is 0 Å². The third-order valence-electron chi connectivity index (χ3n) is 2.75. The van der Waals surface area contributed by atoms with E-state index in [1.54, 1.807) is 0 Å². The Labute approximate surface area is 92.6 Å². The molecular formula is C13H21NO. The molecule has 0 fully saturated rings. The Morgan fingerprint density at radius 1 is 1.13 bits per heavy atom. The lowest BCUT2D eigenvalue weighted by Crippen LogP contribution is -2.19. The van der Waals surface area contributed by atoms with Gasteiger partial charge in [0, 0.05) is 0 Å². The number of benzene rings is 1. The minimum absolute atomic E-state index is 0.240. The Kier molecular flexibility index (Phi) is 4.30. The second-order valence-corrected chi connectivity index (χ2v) is 4.07. The summed E-state index contributed by atoms with van der Waals surface area (Å²) >= 11 is 0. The lowest BCUT2D eigenvalue weighted by atomic mass is 9.97. The first-order valence-corrected chi connectivity index (χ1v) is 5.51. The smallest absolute Gasteiger partial charge is 0.0654 e. The van der Waals surface area contributed by atoms with Gasteiger partial charge in [-0.05, 0) is 56.9 Å². The van der Waals surface area contributed by atoms with Crippen molar-refractivity contribution in [3.05, 3.63) is 34.4 Å². The van der Waals surface area contributed by atoms with E-state index < -0.39 is 0 Å². The van der Waals surface area contributed by atoms with Crippen LogP contribution in [-0.4, -0.2) is 6.61 Å². The molecule has 0 aliphatic heterocycles. The molecule has 0 saturated carbocycles. The number of aryl methyl sites for hydroxylation is 3. The number of nitrogens with one attached hydrogen (secondary N) is 1. The Hall–Kier alpha value is -0.860. The summed E-state index contributed by atoms with van der Waals surface area (Å²) in [6.07, 6.45) is 0. The van der Waals surface area contributed by atoms with E-state index >= 15 is 0 Å². The van der Waals surface area contributed by atoms with Gasteiger partial charge in [-0.3, -0.25) is 0 Å². The quantitative estimate of drug-likeness (QED) is 0.765. The maximum Gasteiger partial charge on any atom is 0.0654 e. The van der Waals surface area contributed by atoms with Gasteiger partial charge in [0.15, 0.2) is 0 Å². The summed E-state index contributed by atoms with van der Waals surface area (Å²) in [5.41, 5.74) is 8.35. The highest BCUT2D eigenvalue weighted by Gasteiger charge is 2.09. The molecule has 1 rings (SSSR count). The van der Waals surface area contributed by atoms with Crippen molar-refractivity contribution in [2.45, 2.75) is 40.7 Å². The fourth-order valence-electron chi connectivity index (χ4n) is 1.72. The molecule has 0 amide bonds. The molecule has 1 atom stereocenters. The van der Waals surface area contributed by atoms with Crippen molar-refractivity contribution in [3.8, 4) is 0 Å². The van der Waals surface area contributed by atoms with Gasteiger partial charge >= 0.3 is 0 Å². The van der Waals surface area contributed by atoms with Crippen LogP contribution in [0, 0.1) is 20.8 Å². The molecule has 2 nitrogen and oxygen atoms in total. The first kappa shape index (κ1) is 12.2. The Morgan fingerprint density at radius 2 is 1.73 bits per heavy atom. The number of hydrogen-bond donors (Lipinski definition) is 1. The standard InChI is InChI=1S/C13H21NO/c1-6-15-14-12(5)13-8-10(3)9(2)7-11(13)4/h7-8,12,14H,6H2,1-5H3. The molecule has 0 heterocycles. The highest BCUT2D eigenvalue weighted by molar-refractivity contribution is 5.37. The summed E-state index contributed by atoms with van der Waals surface area (Å²) in [6.45, 7) is 11.2. The van der Waals surface area contributed by atoms with Crippen molar-refractivity contribution in [2.75, 3.05) is 6.61 Å². The van der Waals surface area contributed by atoms with Crippen molar-refractivity contribution in [2.24, 2.45) is 0 Å². The number of hydrogen-bond acceptors (Lipinski definition) is 2. The molecule has 0 aromatic heterocycles. The predicted octanol–water partition coefficient (Wildman–Crippen LogP) is 3.21. The summed E-state index contributed by atoms with van der Waals surface area (Å²) in [7, 11) is 0. The van der Waals surface area contributed by atoms with E-state index in [1.807, 2.05) is 6.92 Å². The largest absolute Gasteiger partial charge is 0.302 e. The molecule has 0 bridgehead atoms. The molecule has 1 unspecified atom stereocenters. The predicted molar refractivity (Wildman–Crippen MR) is 63.8 cm³/mol. The summed E-state index contributed by atoms with van der Waals surface area (Å²) < 4.78 is 0. The maximum absolute atomic E-state index is 5.22. The molecule has 15 heavy (non-hydrogen) atoms. The van der Waals surface area contributed by atoms with Crippen LogP contribution < -0.4 is 5.48 Å². The molecule has 0 radical (unpaired) electrons. The van der Waals surface area contributed by atoms with Gasteiger partial charge < -0.3 is 4.84 Å². The topological polar surface area (TPSA) is 21.3 Å². The molecular weight excluding hydrogens is 186 g/mol. The highest BCUT2D eigenvalue weighted by Crippen LogP contribution is 2.21. The zero-order valence-corrected chi connectivity index (χ0v) is 10.3. The third-order valence-corrected chi connectivity index (χ3v) is 2.75. The molecule has 84 valence electrons. The average Bonchev–Trinajstić information content (AvgIpc) is 2.20. The van der Waals surface area contributed by atoms with E-state index in [0.717, 1.165) is 0 Å². The van der Waals surface area contributed by atoms with Gasteiger partial charge in [0.05, 0.1) is 12.6 Å². The van der Waals surface area contributed by atoms with E-state index in [1.165, 1.54) is 22.3 Å². The molecule has 0 aliphatic carbocycles. The number of rotatable bonds is 4. The monoisotopic (exact) mass is 207 g/mol. The van der Waals surface area contributed by atoms with Gasteiger partial charge in [0.25, 0.3) is 0 Å². The molecule has 1 aromatic rings. The lowest BCUT2D eigenvalue weighted by molar-refractivity contribution is 0.0283. The minimum Gasteiger partial charge on any atom is -0.302 e. The second kappa shape index (κ2) is 5.29. The zero-order chi connectivity index (χ0) is 11.4. The van der Waals surface area contributed by atoms with Crippen LogP contribution in [0.3, 0.4) is 0 Å². The summed E-state index contributed by atoms with van der Waals surface area (Å²) in [5, 5.41) is 0. The van der Waals surface area contributed by atoms with E-state index in [-0.39, 0.29) is 6.04 Å². The van der Waals surface area contributed by atoms with E-state index in [0.29, 0.717) is 6.61 Å². The van der Waals surface area contributed by atoms with Crippen molar-refractivity contribution in [3.63, 3.8) is 0 Å². The lowest BCUT2D eigenvalue weighted by Gasteiger charge is -2.17. The van der Waals surface area contributed by atoms with E-state index in [2.05, 4.69) is 45.3 Å². The van der Waals surface area contributed by atoms with Gasteiger partial charge in [-0.1, -0.05) is 12.1 Å². The van der Waals surface area contributed by atoms with Crippen LogP contribution in [0.1, 0.15) is 42.1 Å². The van der Waals surface area contributed by atoms with Crippen molar-refractivity contribution in [1.29, 1.82) is 0 Å². The first-order chi connectivity index (χ1) is 7.06. The van der Waals surface area contributed by atoms with Crippen LogP contribution in [0.25, 0.3) is 0 Å². The molecule has 1 aromatic carbocycles. The Balaban J connectivity index is 2.88. The van der Waals surface area contributed by atoms with Gasteiger partial charge in [-0.25, -0.2) is 0 Å². The highest BCUT2D eigenvalue weighted by atomic mass is 16.6. The fraction of sp³-hybridized carbons (Fsp3) is 0.538. The van der Waals surface area contributed by atoms with Crippen molar-refractivity contribution >= 4 is 0 Å². The molecule has 0 aliphatic rings. The zero-order valence-electron chi connectivity index (χ0n) is 10.3. The summed E-state index contributed by atoms with van der Waals surface area (Å²) in [5.74, 6) is 0. The van der Waals surface area contributed by atoms with Crippen molar-refractivity contribution < 1.29 is 4.84 Å².